The number of nitriles is 8. The zero-order valence-electron chi connectivity index (χ0n) is 41.2. The molecule has 2 aliphatic carbocycles. The minimum Gasteiger partial charge on any atom is -0.482 e. The Morgan fingerprint density at radius 1 is 0.500 bits per heavy atom. The molecule has 0 atom stereocenters. The fourth-order valence-electron chi connectivity index (χ4n) is 10.6. The first-order chi connectivity index (χ1) is 38.6. The standard InChI is InChI=1S/C58H22N12O4S6/c1-57(2)37-13-41(77-53(37)55-39(73-57)11-29(75-55)9-35-43(27(19-63)20-64)31-5-23(15-59)25(17-61)7-33(31)51(35)71)45-47-49(69-79-67-47)46(50-48(45)68-80-70-50)42-14-38-54(78-42)56-40(74-58(38,3)4)12-30(76-56)10-36-44(28(21-65)22-66)32-6-24(16-60)26(18-62)8-34(32)52(36)72/h5-14H,1-4H3/b35-9-,36-10-. The summed E-state index contributed by atoms with van der Waals surface area (Å²) in [5.74, 6) is 0.159. The molecule has 0 amide bonds. The van der Waals surface area contributed by atoms with E-state index in [1.165, 1.54) is 69.6 Å². The van der Waals surface area contributed by atoms with E-state index in [4.69, 9.17) is 26.9 Å². The molecule has 22 heteroatoms. The Kier molecular flexibility index (Phi) is 11.0. The molecule has 374 valence electrons. The average molecular weight is 1140 g/mol. The molecule has 5 aliphatic rings. The van der Waals surface area contributed by atoms with Crippen molar-refractivity contribution >= 4 is 126 Å². The normalized spacial score (nSPS) is 15.9. The molecule has 3 aromatic carbocycles. The Balaban J connectivity index is 0.897. The van der Waals surface area contributed by atoms with Gasteiger partial charge in [0, 0.05) is 75.2 Å². The average Bonchev–Trinajstić information content (AvgIpc) is 4.52. The lowest BCUT2D eigenvalue weighted by atomic mass is 9.93. The molecule has 80 heavy (non-hydrogen) atoms. The highest BCUT2D eigenvalue weighted by Crippen LogP contribution is 2.61. The highest BCUT2D eigenvalue weighted by molar-refractivity contribution is 7.58. The molecular weight excluding hydrogens is 1120 g/mol. The van der Waals surface area contributed by atoms with Gasteiger partial charge in [0.15, 0.2) is 11.6 Å². The summed E-state index contributed by atoms with van der Waals surface area (Å²) in [6, 6.07) is 28.7. The van der Waals surface area contributed by atoms with E-state index in [9.17, 15) is 51.7 Å². The summed E-state index contributed by atoms with van der Waals surface area (Å²) in [4.78, 5) is 34.5. The van der Waals surface area contributed by atoms with Gasteiger partial charge in [0.25, 0.3) is 0 Å². The Morgan fingerprint density at radius 3 is 1.24 bits per heavy atom. The van der Waals surface area contributed by atoms with Gasteiger partial charge >= 0.3 is 0 Å². The van der Waals surface area contributed by atoms with Crippen LogP contribution in [-0.4, -0.2) is 20.3 Å². The van der Waals surface area contributed by atoms with Crippen LogP contribution in [0.5, 0.6) is 11.5 Å². The SMILES string of the molecule is CC1(C)Oc2cc(/C=C3\C(=O)c4cc(C#N)c(C#N)cc4C3=C(C#N)C#N)sc2-c2sc(-c3c4c(c(-c5cc6c(s5)-c5sc(/C=C7\C(=O)c8cc(C#N)c(C#N)cc8C7=C(C#N)C#N)cc5OC6(C)C)c5nsnc35)N=S=N4)cc21. The van der Waals surface area contributed by atoms with Gasteiger partial charge in [-0.1, -0.05) is 0 Å². The minimum atomic E-state index is -0.832. The van der Waals surface area contributed by atoms with Crippen LogP contribution in [0.4, 0.5) is 11.4 Å². The van der Waals surface area contributed by atoms with Crippen LogP contribution < -0.4 is 9.47 Å². The van der Waals surface area contributed by atoms with Crippen molar-refractivity contribution in [3.05, 3.63) is 136 Å². The smallest absolute Gasteiger partial charge is 0.194 e. The van der Waals surface area contributed by atoms with Gasteiger partial charge < -0.3 is 9.47 Å². The highest BCUT2D eigenvalue weighted by atomic mass is 32.1. The number of rotatable bonds is 4. The van der Waals surface area contributed by atoms with E-state index in [-0.39, 0.29) is 77.9 Å². The number of thiophene rings is 4. The second-order valence-corrected chi connectivity index (χ2v) is 24.7. The highest BCUT2D eigenvalue weighted by Gasteiger charge is 2.42. The summed E-state index contributed by atoms with van der Waals surface area (Å²) < 4.78 is 33.0. The molecule has 0 spiro atoms. The molecule has 0 bridgehead atoms. The number of carbonyl (C=O) groups is 2. The van der Waals surface area contributed by atoms with E-state index >= 15 is 0 Å². The number of fused-ring (bicyclic) bond motifs is 10. The number of nitrogens with zero attached hydrogens (tertiary/aromatic N) is 12. The molecule has 0 fully saturated rings. The van der Waals surface area contributed by atoms with Crippen LogP contribution in [0.25, 0.3) is 74.7 Å². The van der Waals surface area contributed by atoms with Gasteiger partial charge in [0.1, 0.15) is 105 Å². The number of carbonyl (C=O) groups excluding carboxylic acids is 2. The topological polar surface area (TPSA) is 293 Å². The van der Waals surface area contributed by atoms with Crippen LogP contribution in [0.2, 0.25) is 0 Å². The molecule has 0 radical (unpaired) electrons. The zero-order chi connectivity index (χ0) is 55.8. The number of allylic oxidation sites excluding steroid dienone is 6. The van der Waals surface area contributed by atoms with Gasteiger partial charge in [-0.25, -0.2) is 0 Å². The number of Topliss-reactive ketones (excluding diaryl/α,β-unsaturated/α-hetero) is 2. The van der Waals surface area contributed by atoms with E-state index < -0.39 is 22.8 Å². The van der Waals surface area contributed by atoms with Gasteiger partial charge in [-0.05, 0) is 99.5 Å². The van der Waals surface area contributed by atoms with Crippen molar-refractivity contribution in [2.45, 2.75) is 38.9 Å². The number of hydrogen-bond acceptors (Lipinski definition) is 21. The van der Waals surface area contributed by atoms with Crippen LogP contribution in [-0.2, 0) is 22.6 Å². The van der Waals surface area contributed by atoms with Crippen molar-refractivity contribution in [3.8, 4) is 100 Å². The van der Waals surface area contributed by atoms with Gasteiger partial charge in [0.05, 0.1) is 64.8 Å². The Bertz CT molecular complexity index is 4640. The fourth-order valence-corrected chi connectivity index (χ4v) is 16.8. The van der Waals surface area contributed by atoms with E-state index in [0.717, 1.165) is 74.6 Å². The first-order valence-electron chi connectivity index (χ1n) is 23.5. The lowest BCUT2D eigenvalue weighted by Crippen LogP contribution is -2.27. The maximum absolute atomic E-state index is 14.1. The first kappa shape index (κ1) is 49.5. The van der Waals surface area contributed by atoms with E-state index in [1.807, 2.05) is 88.4 Å². The van der Waals surface area contributed by atoms with E-state index in [1.54, 1.807) is 12.2 Å². The zero-order valence-corrected chi connectivity index (χ0v) is 46.1. The summed E-state index contributed by atoms with van der Waals surface area (Å²) in [5.41, 5.74) is 4.61. The van der Waals surface area contributed by atoms with Gasteiger partial charge in [0.2, 0.25) is 0 Å². The number of aromatic nitrogens is 2. The van der Waals surface area contributed by atoms with E-state index in [0.29, 0.717) is 43.7 Å². The third-order valence-corrected chi connectivity index (χ3v) is 19.9. The third kappa shape index (κ3) is 7.04. The van der Waals surface area contributed by atoms with Crippen molar-refractivity contribution in [3.63, 3.8) is 0 Å². The van der Waals surface area contributed by atoms with Crippen LogP contribution in [0, 0.1) is 90.6 Å². The number of hydrogen-bond donors (Lipinski definition) is 0. The van der Waals surface area contributed by atoms with Crippen molar-refractivity contribution in [1.29, 1.82) is 42.1 Å². The molecule has 0 saturated heterocycles. The van der Waals surface area contributed by atoms with Crippen LogP contribution in [0.3, 0.4) is 0 Å². The number of benzene rings is 3. The molecule has 0 unspecified atom stereocenters. The van der Waals surface area contributed by atoms with Crippen molar-refractivity contribution < 1.29 is 19.1 Å². The Hall–Kier alpha value is -10.1. The quantitative estimate of drug-likeness (QED) is 0.117. The predicted octanol–water partition coefficient (Wildman–Crippen LogP) is 14.2. The molecule has 0 saturated carbocycles. The molecule has 8 heterocycles. The third-order valence-electron chi connectivity index (χ3n) is 14.1. The van der Waals surface area contributed by atoms with Gasteiger partial charge in [-0.2, -0.15) is 59.6 Å². The molecule has 3 aliphatic heterocycles. The molecule has 0 N–H and O–H groups in total. The fraction of sp³-hybridized carbons (Fsp3) is 0.103. The minimum absolute atomic E-state index is 0.00481. The monoisotopic (exact) mass is 1140 g/mol. The van der Waals surface area contributed by atoms with Crippen LogP contribution in [0.15, 0.2) is 79.5 Å². The number of ketones is 2. The lowest BCUT2D eigenvalue weighted by molar-refractivity contribution is 0.103. The maximum atomic E-state index is 14.1. The van der Waals surface area contributed by atoms with Crippen molar-refractivity contribution in [1.82, 2.24) is 8.75 Å². The van der Waals surface area contributed by atoms with E-state index in [2.05, 4.69) is 12.1 Å². The Morgan fingerprint density at radius 2 is 0.875 bits per heavy atom. The second kappa shape index (κ2) is 17.7. The van der Waals surface area contributed by atoms with Crippen molar-refractivity contribution in [2.24, 2.45) is 8.73 Å². The summed E-state index contributed by atoms with van der Waals surface area (Å²) in [6.45, 7) is 7.87. The summed E-state index contributed by atoms with van der Waals surface area (Å²) in [5, 5.41) is 79.2. The molecular formula is C58H22N12O4S6. The molecule has 8 aromatic rings. The summed E-state index contributed by atoms with van der Waals surface area (Å²) in [7, 11) is 0. The molecule has 5 aromatic heterocycles. The molecule has 16 nitrogen and oxygen atoms in total. The predicted molar refractivity (Wildman–Crippen MR) is 302 cm³/mol. The van der Waals surface area contributed by atoms with Crippen molar-refractivity contribution in [2.75, 3.05) is 0 Å². The lowest BCUT2D eigenvalue weighted by Gasteiger charge is -2.31. The van der Waals surface area contributed by atoms with Crippen LogP contribution >= 0.6 is 57.1 Å². The largest absolute Gasteiger partial charge is 0.482 e. The van der Waals surface area contributed by atoms with Gasteiger partial charge in [-0.15, -0.1) is 45.3 Å². The van der Waals surface area contributed by atoms with Crippen LogP contribution in [0.1, 0.15) is 103 Å². The number of ether oxygens (including phenoxy) is 2. The summed E-state index contributed by atoms with van der Waals surface area (Å²) >= 11 is 7.94. The first-order valence-corrected chi connectivity index (χ1v) is 28.3. The molecule has 13 rings (SSSR count). The maximum Gasteiger partial charge on any atom is 0.194 e. The second-order valence-electron chi connectivity index (χ2n) is 19.3. The summed E-state index contributed by atoms with van der Waals surface area (Å²) in [6.07, 6.45) is 3.24. The van der Waals surface area contributed by atoms with Gasteiger partial charge in [-0.3, -0.25) is 9.59 Å². The Labute approximate surface area is 476 Å².